The molecule has 1 aromatic carbocycles. The Morgan fingerprint density at radius 3 is 3.12 bits per heavy atom. The van der Waals surface area contributed by atoms with Crippen LogP contribution >= 0.6 is 0 Å². The molecule has 3 atom stereocenters. The first-order chi connectivity index (χ1) is 12.2. The van der Waals surface area contributed by atoms with Crippen LogP contribution in [0.1, 0.15) is 18.5 Å². The van der Waals surface area contributed by atoms with Crippen LogP contribution in [0.2, 0.25) is 0 Å². The summed E-state index contributed by atoms with van der Waals surface area (Å²) in [5.74, 6) is -0.0308. The summed E-state index contributed by atoms with van der Waals surface area (Å²) in [7, 11) is 0. The first-order valence-electron chi connectivity index (χ1n) is 8.82. The fourth-order valence-electron chi connectivity index (χ4n) is 3.86. The van der Waals surface area contributed by atoms with Gasteiger partial charge in [-0.15, -0.1) is 0 Å². The quantitative estimate of drug-likeness (QED) is 0.830. The fourth-order valence-corrected chi connectivity index (χ4v) is 3.86. The van der Waals surface area contributed by atoms with E-state index in [4.69, 9.17) is 14.4 Å². The van der Waals surface area contributed by atoms with Gasteiger partial charge in [0.15, 0.2) is 5.58 Å². The van der Waals surface area contributed by atoms with Crippen molar-refractivity contribution in [3.63, 3.8) is 0 Å². The Bertz CT molecular complexity index is 747. The molecular weight excluding hydrogens is 322 g/mol. The lowest BCUT2D eigenvalue weighted by Gasteiger charge is -2.34. The van der Waals surface area contributed by atoms with Crippen LogP contribution < -0.4 is 5.32 Å². The number of amides is 1. The smallest absolute Gasteiger partial charge is 0.226 e. The minimum Gasteiger partial charge on any atom is -0.396 e. The van der Waals surface area contributed by atoms with Crippen molar-refractivity contribution in [1.29, 1.82) is 0 Å². The van der Waals surface area contributed by atoms with Crippen molar-refractivity contribution in [2.75, 3.05) is 26.3 Å². The van der Waals surface area contributed by atoms with Gasteiger partial charge in [0.1, 0.15) is 5.69 Å². The van der Waals surface area contributed by atoms with E-state index in [0.29, 0.717) is 30.3 Å². The van der Waals surface area contributed by atoms with Gasteiger partial charge in [-0.25, -0.2) is 0 Å². The Balaban J connectivity index is 1.33. The minimum atomic E-state index is -0.0308. The number of carbonyl (C=O) groups excluding carboxylic acids is 1. The topological polar surface area (TPSA) is 87.8 Å². The average molecular weight is 345 g/mol. The van der Waals surface area contributed by atoms with E-state index in [1.165, 1.54) is 0 Å². The number of ether oxygens (including phenoxy) is 1. The number of nitrogens with zero attached hydrogens (tertiary/aromatic N) is 2. The Morgan fingerprint density at radius 2 is 2.24 bits per heavy atom. The van der Waals surface area contributed by atoms with Crippen LogP contribution in [0.25, 0.3) is 11.0 Å². The fraction of sp³-hybridized carbons (Fsp3) is 0.556. The van der Waals surface area contributed by atoms with Gasteiger partial charge in [0.2, 0.25) is 5.91 Å². The third-order valence-corrected chi connectivity index (χ3v) is 5.09. The normalized spacial score (nSPS) is 26.7. The molecule has 0 radical (unpaired) electrons. The van der Waals surface area contributed by atoms with Crippen molar-refractivity contribution in [3.8, 4) is 0 Å². The highest BCUT2D eigenvalue weighted by molar-refractivity contribution is 5.86. The molecule has 7 heteroatoms. The van der Waals surface area contributed by atoms with E-state index >= 15 is 0 Å². The molecule has 1 aromatic heterocycles. The van der Waals surface area contributed by atoms with Gasteiger partial charge in [-0.05, 0) is 25.0 Å². The molecule has 2 saturated heterocycles. The van der Waals surface area contributed by atoms with E-state index in [1.54, 1.807) is 0 Å². The molecule has 4 rings (SSSR count). The Morgan fingerprint density at radius 1 is 1.36 bits per heavy atom. The molecule has 134 valence electrons. The van der Waals surface area contributed by atoms with Crippen molar-refractivity contribution in [2.24, 2.45) is 0 Å². The van der Waals surface area contributed by atoms with E-state index < -0.39 is 0 Å². The highest BCUT2D eigenvalue weighted by Gasteiger charge is 2.37. The lowest BCUT2D eigenvalue weighted by Crippen LogP contribution is -2.46. The number of para-hydroxylation sites is 1. The van der Waals surface area contributed by atoms with Gasteiger partial charge in [0.05, 0.1) is 19.1 Å². The highest BCUT2D eigenvalue weighted by atomic mass is 16.5. The first-order valence-corrected chi connectivity index (χ1v) is 8.82. The van der Waals surface area contributed by atoms with Crippen molar-refractivity contribution in [2.45, 2.75) is 37.5 Å². The van der Waals surface area contributed by atoms with Gasteiger partial charge in [0.25, 0.3) is 0 Å². The van der Waals surface area contributed by atoms with E-state index in [2.05, 4.69) is 15.4 Å². The second kappa shape index (κ2) is 7.11. The number of nitrogens with one attached hydrogen (secondary N) is 1. The zero-order chi connectivity index (χ0) is 17.2. The zero-order valence-corrected chi connectivity index (χ0v) is 14.1. The zero-order valence-electron chi connectivity index (χ0n) is 14.1. The van der Waals surface area contributed by atoms with Crippen LogP contribution in [0.5, 0.6) is 0 Å². The van der Waals surface area contributed by atoms with Gasteiger partial charge in [-0.3, -0.25) is 9.69 Å². The molecule has 0 saturated carbocycles. The molecule has 7 nitrogen and oxygen atoms in total. The number of morpholine rings is 1. The van der Waals surface area contributed by atoms with Gasteiger partial charge in [-0.1, -0.05) is 17.3 Å². The van der Waals surface area contributed by atoms with Crippen LogP contribution in [0, 0.1) is 0 Å². The predicted octanol–water partition coefficient (Wildman–Crippen LogP) is 0.711. The van der Waals surface area contributed by atoms with E-state index in [9.17, 15) is 4.79 Å². The maximum absolute atomic E-state index is 12.4. The summed E-state index contributed by atoms with van der Waals surface area (Å²) in [6.45, 7) is 2.48. The Hall–Kier alpha value is -1.96. The summed E-state index contributed by atoms with van der Waals surface area (Å²) in [5.41, 5.74) is 1.38. The van der Waals surface area contributed by atoms with Crippen molar-refractivity contribution in [1.82, 2.24) is 15.4 Å². The van der Waals surface area contributed by atoms with Crippen LogP contribution in [-0.2, 0) is 16.0 Å². The maximum Gasteiger partial charge on any atom is 0.226 e. The summed E-state index contributed by atoms with van der Waals surface area (Å²) in [6.07, 6.45) is 1.88. The minimum absolute atomic E-state index is 0.0308. The molecule has 2 N–H and O–H groups in total. The molecule has 1 amide bonds. The Labute approximate surface area is 145 Å². The summed E-state index contributed by atoms with van der Waals surface area (Å²) in [6, 6.07) is 8.06. The van der Waals surface area contributed by atoms with Crippen LogP contribution in [0.3, 0.4) is 0 Å². The van der Waals surface area contributed by atoms with Gasteiger partial charge in [0, 0.05) is 37.2 Å². The second-order valence-corrected chi connectivity index (χ2v) is 6.88. The largest absolute Gasteiger partial charge is 0.396 e. The number of benzene rings is 1. The summed E-state index contributed by atoms with van der Waals surface area (Å²) in [4.78, 5) is 14.8. The number of aliphatic hydroxyl groups is 1. The Kier molecular flexibility index (Phi) is 4.70. The molecule has 0 unspecified atom stereocenters. The third kappa shape index (κ3) is 3.53. The van der Waals surface area contributed by atoms with Gasteiger partial charge >= 0.3 is 0 Å². The number of hydrogen-bond acceptors (Lipinski definition) is 6. The molecule has 0 aliphatic carbocycles. The number of aromatic nitrogens is 1. The molecule has 2 aliphatic rings. The van der Waals surface area contributed by atoms with Crippen molar-refractivity contribution < 1.29 is 19.2 Å². The van der Waals surface area contributed by atoms with E-state index in [-0.39, 0.29) is 31.1 Å². The molecule has 0 bridgehead atoms. The number of hydrogen-bond donors (Lipinski definition) is 2. The molecule has 25 heavy (non-hydrogen) atoms. The first kappa shape index (κ1) is 16.5. The van der Waals surface area contributed by atoms with Crippen LogP contribution in [-0.4, -0.2) is 65.6 Å². The van der Waals surface area contributed by atoms with Crippen LogP contribution in [0.4, 0.5) is 0 Å². The molecule has 2 fully saturated rings. The number of fused-ring (bicyclic) bond motifs is 2. The van der Waals surface area contributed by atoms with Crippen LogP contribution in [0.15, 0.2) is 28.8 Å². The number of rotatable bonds is 5. The van der Waals surface area contributed by atoms with E-state index in [0.717, 1.165) is 24.9 Å². The number of carbonyl (C=O) groups is 1. The highest BCUT2D eigenvalue weighted by Crippen LogP contribution is 2.24. The number of aliphatic hydroxyl groups excluding tert-OH is 1. The maximum atomic E-state index is 12.4. The molecule has 0 spiro atoms. The third-order valence-electron chi connectivity index (χ3n) is 5.09. The molecule has 2 aliphatic heterocycles. The summed E-state index contributed by atoms with van der Waals surface area (Å²) >= 11 is 0. The van der Waals surface area contributed by atoms with Crippen molar-refractivity contribution >= 4 is 16.9 Å². The monoisotopic (exact) mass is 345 g/mol. The molecular formula is C18H23N3O4. The molecule has 3 heterocycles. The molecule has 2 aromatic rings. The lowest BCUT2D eigenvalue weighted by molar-refractivity contribution is -0.121. The predicted molar refractivity (Wildman–Crippen MR) is 91.1 cm³/mol. The van der Waals surface area contributed by atoms with Gasteiger partial charge in [-0.2, -0.15) is 0 Å². The second-order valence-electron chi connectivity index (χ2n) is 6.88. The summed E-state index contributed by atoms with van der Waals surface area (Å²) < 4.78 is 11.0. The van der Waals surface area contributed by atoms with Gasteiger partial charge < -0.3 is 19.7 Å². The SMILES string of the molecule is O=C(Cc1noc2ccccc12)N[C@H]1C[C@H]2CO[C@@H](CCO)CN2C1. The summed E-state index contributed by atoms with van der Waals surface area (Å²) in [5, 5.41) is 17.1. The lowest BCUT2D eigenvalue weighted by atomic mass is 10.1. The van der Waals surface area contributed by atoms with Crippen molar-refractivity contribution in [3.05, 3.63) is 30.0 Å². The standard InChI is InChI=1S/C18H23N3O4/c22-6-5-14-10-21-9-12(7-13(21)11-24-14)19-18(23)8-16-15-3-1-2-4-17(15)25-20-16/h1-4,12-14,22H,5-11H2,(H,19,23)/t12-,13-,14-/m0/s1. The average Bonchev–Trinajstić information content (AvgIpc) is 3.18. The van der Waals surface area contributed by atoms with E-state index in [1.807, 2.05) is 24.3 Å².